The molecule has 2 aromatic rings. The van der Waals surface area contributed by atoms with Gasteiger partial charge < -0.3 is 29.9 Å². The van der Waals surface area contributed by atoms with E-state index in [-0.39, 0.29) is 35.3 Å². The summed E-state index contributed by atoms with van der Waals surface area (Å²) in [5.41, 5.74) is 2.10. The molecule has 3 aliphatic heterocycles. The van der Waals surface area contributed by atoms with E-state index in [1.165, 1.54) is 5.56 Å². The Kier molecular flexibility index (Phi) is 7.27. The number of hydrogen-bond acceptors (Lipinski definition) is 8. The number of amides is 1. The normalized spacial score (nSPS) is 44.4. The van der Waals surface area contributed by atoms with Gasteiger partial charge in [-0.2, -0.15) is 5.10 Å². The molecule has 0 bridgehead atoms. The van der Waals surface area contributed by atoms with Crippen molar-refractivity contribution in [3.05, 3.63) is 65.7 Å². The molecule has 2 aromatic carbocycles. The Bertz CT molecular complexity index is 1650. The number of hydrazone groups is 1. The van der Waals surface area contributed by atoms with Gasteiger partial charge in [-0.25, -0.2) is 0 Å². The van der Waals surface area contributed by atoms with Gasteiger partial charge in [0.05, 0.1) is 30.0 Å². The second-order valence-electron chi connectivity index (χ2n) is 17.0. The smallest absolute Gasteiger partial charge is 0.253 e. The summed E-state index contributed by atoms with van der Waals surface area (Å²) in [4.78, 5) is 17.5. The summed E-state index contributed by atoms with van der Waals surface area (Å²) >= 11 is 0. The summed E-state index contributed by atoms with van der Waals surface area (Å²) < 4.78 is 7.08. The molecule has 9 nitrogen and oxygen atoms in total. The van der Waals surface area contributed by atoms with Crippen LogP contribution in [-0.4, -0.2) is 99.5 Å². The van der Waals surface area contributed by atoms with Crippen LogP contribution in [0.1, 0.15) is 87.2 Å². The molecular formula is C40H52N4O5. The standard InChI is InChI=1S/C40H52N4O5/c1-37-16-14-29(45)23-27(37)13-17-39-34(37)33(46)35(47)38(2)30(15-18-40(38,39)49-39)31-24-32(25-7-5-4-6-8-25)44(41-31)28-11-9-26(10-12-28)36(48)43-21-19-42(3)20-22-43/h4-12,27,29-30,32-35,45-47H,13-24H2,1-3H3/t27?,29-,30?,32?,33-,34?,35+,37-,38-,39-,40+/m0/s1. The fourth-order valence-electron chi connectivity index (χ4n) is 12.2. The third-order valence-electron chi connectivity index (χ3n) is 14.9. The monoisotopic (exact) mass is 668 g/mol. The zero-order chi connectivity index (χ0) is 33.9. The summed E-state index contributed by atoms with van der Waals surface area (Å²) in [6.07, 6.45) is 4.58. The highest BCUT2D eigenvalue weighted by Gasteiger charge is 2.90. The Hall–Kier alpha value is -2.82. The highest BCUT2D eigenvalue weighted by atomic mass is 16.6. The van der Waals surface area contributed by atoms with Gasteiger partial charge in [-0.3, -0.25) is 9.80 Å². The first-order valence-corrected chi connectivity index (χ1v) is 18.8. The van der Waals surface area contributed by atoms with Crippen molar-refractivity contribution in [3.63, 3.8) is 0 Å². The van der Waals surface area contributed by atoms with Gasteiger partial charge in [-0.05, 0) is 93.2 Å². The van der Waals surface area contributed by atoms with Crippen molar-refractivity contribution >= 4 is 17.3 Å². The Balaban J connectivity index is 1.03. The predicted molar refractivity (Wildman–Crippen MR) is 187 cm³/mol. The molecule has 1 amide bonds. The highest BCUT2D eigenvalue weighted by Crippen LogP contribution is 2.81. The van der Waals surface area contributed by atoms with Gasteiger partial charge in [-0.15, -0.1) is 0 Å². The maximum atomic E-state index is 13.3. The molecule has 4 aliphatic carbocycles. The molecule has 7 aliphatic rings. The molecule has 6 fully saturated rings. The lowest BCUT2D eigenvalue weighted by molar-refractivity contribution is -0.192. The van der Waals surface area contributed by atoms with Crippen molar-refractivity contribution in [1.29, 1.82) is 0 Å². The van der Waals surface area contributed by atoms with E-state index in [2.05, 4.69) is 55.1 Å². The average Bonchev–Trinajstić information content (AvgIpc) is 3.38. The Labute approximate surface area is 289 Å². The zero-order valence-corrected chi connectivity index (χ0v) is 29.2. The molecule has 49 heavy (non-hydrogen) atoms. The minimum absolute atomic E-state index is 0.0222. The number of nitrogens with zero attached hydrogens (tertiary/aromatic N) is 4. The van der Waals surface area contributed by atoms with Gasteiger partial charge in [0.1, 0.15) is 11.2 Å². The number of fused-ring (bicyclic) bond motifs is 2. The minimum atomic E-state index is -0.935. The number of carbonyl (C=O) groups is 1. The molecule has 9 rings (SSSR count). The van der Waals surface area contributed by atoms with E-state index in [1.807, 2.05) is 35.2 Å². The lowest BCUT2D eigenvalue weighted by Crippen LogP contribution is -2.69. The first-order valence-electron chi connectivity index (χ1n) is 18.8. The largest absolute Gasteiger partial charge is 0.393 e. The zero-order valence-electron chi connectivity index (χ0n) is 29.2. The van der Waals surface area contributed by atoms with E-state index in [0.717, 1.165) is 88.9 Å². The van der Waals surface area contributed by atoms with E-state index in [4.69, 9.17) is 9.84 Å². The fourth-order valence-corrected chi connectivity index (χ4v) is 12.2. The number of rotatable bonds is 4. The first-order chi connectivity index (χ1) is 23.5. The molecule has 4 saturated carbocycles. The average molecular weight is 669 g/mol. The van der Waals surface area contributed by atoms with Crippen LogP contribution in [-0.2, 0) is 4.74 Å². The Morgan fingerprint density at radius 3 is 2.37 bits per heavy atom. The molecule has 2 spiro atoms. The highest BCUT2D eigenvalue weighted by molar-refractivity contribution is 5.95. The van der Waals surface area contributed by atoms with Crippen LogP contribution in [0.25, 0.3) is 0 Å². The molecule has 9 heteroatoms. The molecule has 0 radical (unpaired) electrons. The van der Waals surface area contributed by atoms with E-state index >= 15 is 0 Å². The summed E-state index contributed by atoms with van der Waals surface area (Å²) in [6, 6.07) is 18.4. The molecule has 3 heterocycles. The third kappa shape index (κ3) is 4.35. The summed E-state index contributed by atoms with van der Waals surface area (Å²) in [7, 11) is 2.09. The van der Waals surface area contributed by atoms with Crippen LogP contribution in [0.2, 0.25) is 0 Å². The second kappa shape index (κ2) is 11.1. The van der Waals surface area contributed by atoms with Crippen LogP contribution in [0.15, 0.2) is 59.7 Å². The van der Waals surface area contributed by atoms with Crippen molar-refractivity contribution in [2.24, 2.45) is 33.7 Å². The van der Waals surface area contributed by atoms with Gasteiger partial charge in [-0.1, -0.05) is 44.2 Å². The molecular weight excluding hydrogens is 616 g/mol. The third-order valence-corrected chi connectivity index (χ3v) is 14.9. The van der Waals surface area contributed by atoms with Crippen molar-refractivity contribution in [2.45, 2.75) is 101 Å². The van der Waals surface area contributed by atoms with Gasteiger partial charge in [0, 0.05) is 61.1 Å². The molecule has 262 valence electrons. The quantitative estimate of drug-likeness (QED) is 0.408. The Morgan fingerprint density at radius 2 is 1.63 bits per heavy atom. The lowest BCUT2D eigenvalue weighted by Gasteiger charge is -2.60. The number of ether oxygens (including phenoxy) is 1. The van der Waals surface area contributed by atoms with Crippen molar-refractivity contribution in [2.75, 3.05) is 38.2 Å². The number of hydrogen-bond donors (Lipinski definition) is 3. The van der Waals surface area contributed by atoms with Crippen LogP contribution in [0.5, 0.6) is 0 Å². The van der Waals surface area contributed by atoms with Gasteiger partial charge in [0.25, 0.3) is 5.91 Å². The van der Waals surface area contributed by atoms with E-state index < -0.39 is 28.8 Å². The van der Waals surface area contributed by atoms with Crippen LogP contribution < -0.4 is 5.01 Å². The molecule has 0 aromatic heterocycles. The van der Waals surface area contributed by atoms with Crippen molar-refractivity contribution < 1.29 is 24.9 Å². The summed E-state index contributed by atoms with van der Waals surface area (Å²) in [6.45, 7) is 7.72. The number of epoxide rings is 1. The van der Waals surface area contributed by atoms with Crippen LogP contribution >= 0.6 is 0 Å². The number of anilines is 1. The van der Waals surface area contributed by atoms with Crippen molar-refractivity contribution in [3.8, 4) is 0 Å². The maximum Gasteiger partial charge on any atom is 0.253 e. The van der Waals surface area contributed by atoms with E-state index in [1.54, 1.807) is 0 Å². The lowest BCUT2D eigenvalue weighted by atomic mass is 9.43. The summed E-state index contributed by atoms with van der Waals surface area (Å²) in [5, 5.41) is 42.5. The Morgan fingerprint density at radius 1 is 0.898 bits per heavy atom. The first kappa shape index (κ1) is 32.1. The number of likely N-dealkylation sites (N-methyl/N-ethyl adjacent to an activating group) is 1. The van der Waals surface area contributed by atoms with Gasteiger partial charge >= 0.3 is 0 Å². The molecule has 4 unspecified atom stereocenters. The molecule has 2 saturated heterocycles. The number of aliphatic hydroxyl groups excluding tert-OH is 3. The van der Waals surface area contributed by atoms with E-state index in [9.17, 15) is 20.1 Å². The van der Waals surface area contributed by atoms with Crippen LogP contribution in [0, 0.1) is 28.6 Å². The molecule has 3 N–H and O–H groups in total. The second-order valence-corrected chi connectivity index (χ2v) is 17.0. The maximum absolute atomic E-state index is 13.3. The van der Waals surface area contributed by atoms with Gasteiger partial charge in [0.15, 0.2) is 0 Å². The van der Waals surface area contributed by atoms with Crippen LogP contribution in [0.3, 0.4) is 0 Å². The van der Waals surface area contributed by atoms with Gasteiger partial charge in [0.2, 0.25) is 0 Å². The van der Waals surface area contributed by atoms with E-state index in [0.29, 0.717) is 11.5 Å². The van der Waals surface area contributed by atoms with Crippen LogP contribution in [0.4, 0.5) is 5.69 Å². The van der Waals surface area contributed by atoms with Crippen molar-refractivity contribution in [1.82, 2.24) is 9.80 Å². The summed E-state index contributed by atoms with van der Waals surface area (Å²) in [5.74, 6) is 0.228. The predicted octanol–water partition coefficient (Wildman–Crippen LogP) is 4.62. The number of piperazine rings is 1. The number of carbonyl (C=O) groups excluding carboxylic acids is 1. The fraction of sp³-hybridized carbons (Fsp3) is 0.650. The topological polar surface area (TPSA) is 112 Å². The molecule has 11 atom stereocenters. The SMILES string of the molecule is CN1CCN(C(=O)c2ccc(N3N=C(C4CC[C@]56O[C@]57CCC5C[C@@H](O)CC[C@]5(C)C7[C@H](O)[C@@H](O)[C@]46C)CC3c3ccccc3)cc2)CC1. The minimum Gasteiger partial charge on any atom is -0.393 e. The number of aliphatic hydroxyl groups is 3. The number of benzene rings is 2.